The van der Waals surface area contributed by atoms with Gasteiger partial charge in [0, 0.05) is 17.5 Å². The van der Waals surface area contributed by atoms with Crippen LogP contribution in [0.25, 0.3) is 0 Å². The molecular formula is C14H13ClFNS. The lowest BCUT2D eigenvalue weighted by atomic mass is 10.1. The van der Waals surface area contributed by atoms with Gasteiger partial charge < -0.3 is 5.32 Å². The Morgan fingerprint density at radius 2 is 2.22 bits per heavy atom. The highest BCUT2D eigenvalue weighted by Crippen LogP contribution is 2.33. The van der Waals surface area contributed by atoms with E-state index in [1.54, 1.807) is 23.5 Å². The Bertz CT molecular complexity index is 567. The molecule has 18 heavy (non-hydrogen) atoms. The molecule has 1 atom stereocenters. The molecule has 0 amide bonds. The van der Waals surface area contributed by atoms with Crippen LogP contribution in [0.5, 0.6) is 0 Å². The Balaban J connectivity index is 1.71. The zero-order chi connectivity index (χ0) is 12.5. The first-order valence-electron chi connectivity index (χ1n) is 5.99. The molecule has 0 saturated carbocycles. The predicted molar refractivity (Wildman–Crippen MR) is 73.6 cm³/mol. The Morgan fingerprint density at radius 1 is 1.33 bits per heavy atom. The number of hydrogen-bond donors (Lipinski definition) is 1. The van der Waals surface area contributed by atoms with E-state index in [0.717, 1.165) is 34.8 Å². The van der Waals surface area contributed by atoms with Crippen LogP contribution in [0, 0.1) is 5.82 Å². The fraction of sp³-hybridized carbons (Fsp3) is 0.286. The van der Waals surface area contributed by atoms with Crippen LogP contribution < -0.4 is 5.32 Å². The molecule has 1 unspecified atom stereocenters. The fourth-order valence-electron chi connectivity index (χ4n) is 2.49. The van der Waals surface area contributed by atoms with Gasteiger partial charge >= 0.3 is 0 Å². The van der Waals surface area contributed by atoms with Crippen LogP contribution in [0.2, 0.25) is 4.34 Å². The normalized spacial score (nSPS) is 18.0. The van der Waals surface area contributed by atoms with Gasteiger partial charge in [-0.2, -0.15) is 0 Å². The molecule has 0 aliphatic heterocycles. The zero-order valence-corrected chi connectivity index (χ0v) is 11.3. The highest BCUT2D eigenvalue weighted by molar-refractivity contribution is 7.16. The quantitative estimate of drug-likeness (QED) is 0.884. The van der Waals surface area contributed by atoms with E-state index in [9.17, 15) is 4.39 Å². The van der Waals surface area contributed by atoms with Crippen LogP contribution in [0.15, 0.2) is 30.3 Å². The minimum Gasteiger partial charge on any atom is -0.305 e. The number of halogens is 2. The molecule has 94 valence electrons. The number of thiophene rings is 1. The monoisotopic (exact) mass is 281 g/mol. The third kappa shape index (κ3) is 2.30. The van der Waals surface area contributed by atoms with Gasteiger partial charge in [-0.1, -0.05) is 23.7 Å². The number of hydrogen-bond acceptors (Lipinski definition) is 2. The molecular weight excluding hydrogens is 269 g/mol. The smallest absolute Gasteiger partial charge is 0.126 e. The number of fused-ring (bicyclic) bond motifs is 1. The second-order valence-electron chi connectivity index (χ2n) is 4.49. The van der Waals surface area contributed by atoms with E-state index in [4.69, 9.17) is 11.6 Å². The highest BCUT2D eigenvalue weighted by Gasteiger charge is 2.24. The third-order valence-electron chi connectivity index (χ3n) is 3.37. The molecule has 3 rings (SSSR count). The van der Waals surface area contributed by atoms with E-state index in [1.807, 2.05) is 18.2 Å². The van der Waals surface area contributed by atoms with Gasteiger partial charge in [0.05, 0.1) is 4.34 Å². The van der Waals surface area contributed by atoms with Crippen molar-refractivity contribution in [2.75, 3.05) is 0 Å². The SMILES string of the molecule is Fc1cccc2c1CCC2NCc1ccc(Cl)s1. The van der Waals surface area contributed by atoms with Crippen LogP contribution >= 0.6 is 22.9 Å². The minimum absolute atomic E-state index is 0.0732. The molecule has 0 bridgehead atoms. The molecule has 1 aromatic heterocycles. The lowest BCUT2D eigenvalue weighted by Crippen LogP contribution is -2.18. The molecule has 1 heterocycles. The summed E-state index contributed by atoms with van der Waals surface area (Å²) in [6.07, 6.45) is 1.79. The Kier molecular flexibility index (Phi) is 3.37. The van der Waals surface area contributed by atoms with Crippen molar-refractivity contribution in [3.8, 4) is 0 Å². The van der Waals surface area contributed by atoms with E-state index >= 15 is 0 Å². The molecule has 4 heteroatoms. The highest BCUT2D eigenvalue weighted by atomic mass is 35.5. The largest absolute Gasteiger partial charge is 0.305 e. The fourth-order valence-corrected chi connectivity index (χ4v) is 3.53. The van der Waals surface area contributed by atoms with Gasteiger partial charge in [-0.25, -0.2) is 4.39 Å². The average molecular weight is 282 g/mol. The summed E-state index contributed by atoms with van der Waals surface area (Å²) >= 11 is 7.48. The maximum atomic E-state index is 13.6. The molecule has 0 fully saturated rings. The van der Waals surface area contributed by atoms with E-state index < -0.39 is 0 Å². The van der Waals surface area contributed by atoms with Crippen LogP contribution in [0.4, 0.5) is 4.39 Å². The van der Waals surface area contributed by atoms with Gasteiger partial charge in [0.1, 0.15) is 5.82 Å². The van der Waals surface area contributed by atoms with Crippen molar-refractivity contribution < 1.29 is 4.39 Å². The Morgan fingerprint density at radius 3 is 3.00 bits per heavy atom. The predicted octanol–water partition coefficient (Wildman–Crippen LogP) is 4.32. The third-order valence-corrected chi connectivity index (χ3v) is 4.60. The van der Waals surface area contributed by atoms with Gasteiger partial charge in [-0.15, -0.1) is 11.3 Å². The second kappa shape index (κ2) is 5.00. The standard InChI is InChI=1S/C14H13ClFNS/c15-14-7-4-9(18-14)8-17-13-6-5-10-11(13)2-1-3-12(10)16/h1-4,7,13,17H,5-6,8H2. The summed E-state index contributed by atoms with van der Waals surface area (Å²) in [5.74, 6) is -0.0732. The van der Waals surface area contributed by atoms with E-state index in [2.05, 4.69) is 5.32 Å². The van der Waals surface area contributed by atoms with Crippen LogP contribution in [0.3, 0.4) is 0 Å². The summed E-state index contributed by atoms with van der Waals surface area (Å²) in [5, 5.41) is 3.48. The molecule has 1 aliphatic rings. The maximum absolute atomic E-state index is 13.6. The lowest BCUT2D eigenvalue weighted by Gasteiger charge is -2.13. The molecule has 1 aliphatic carbocycles. The number of benzene rings is 1. The van der Waals surface area contributed by atoms with Crippen LogP contribution in [0.1, 0.15) is 28.5 Å². The minimum atomic E-state index is -0.0732. The molecule has 2 aromatic rings. The summed E-state index contributed by atoms with van der Waals surface area (Å²) < 4.78 is 14.4. The second-order valence-corrected chi connectivity index (χ2v) is 6.29. The summed E-state index contributed by atoms with van der Waals surface area (Å²) in [7, 11) is 0. The molecule has 0 radical (unpaired) electrons. The number of nitrogens with one attached hydrogen (secondary N) is 1. The Hall–Kier alpha value is -0.900. The van der Waals surface area contributed by atoms with Crippen molar-refractivity contribution in [1.82, 2.24) is 5.32 Å². The molecule has 1 nitrogen and oxygen atoms in total. The van der Waals surface area contributed by atoms with Gasteiger partial charge in [0.2, 0.25) is 0 Å². The zero-order valence-electron chi connectivity index (χ0n) is 9.75. The lowest BCUT2D eigenvalue weighted by molar-refractivity contribution is 0.533. The van der Waals surface area contributed by atoms with Crippen LogP contribution in [-0.2, 0) is 13.0 Å². The molecule has 1 aromatic carbocycles. The van der Waals surface area contributed by atoms with Crippen molar-refractivity contribution in [2.24, 2.45) is 0 Å². The summed E-state index contributed by atoms with van der Waals surface area (Å²) in [4.78, 5) is 1.21. The maximum Gasteiger partial charge on any atom is 0.126 e. The van der Waals surface area contributed by atoms with Crippen molar-refractivity contribution in [3.05, 3.63) is 56.5 Å². The van der Waals surface area contributed by atoms with E-state index in [-0.39, 0.29) is 11.9 Å². The number of rotatable bonds is 3. The summed E-state index contributed by atoms with van der Waals surface area (Å²) in [6.45, 7) is 0.790. The molecule has 0 saturated heterocycles. The Labute approximate surface area is 115 Å². The van der Waals surface area contributed by atoms with E-state index in [1.165, 1.54) is 4.88 Å². The van der Waals surface area contributed by atoms with Crippen molar-refractivity contribution in [3.63, 3.8) is 0 Å². The first kappa shape index (κ1) is 12.2. The van der Waals surface area contributed by atoms with Gasteiger partial charge in [-0.3, -0.25) is 0 Å². The van der Waals surface area contributed by atoms with Gasteiger partial charge in [0.25, 0.3) is 0 Å². The van der Waals surface area contributed by atoms with E-state index in [0.29, 0.717) is 0 Å². The topological polar surface area (TPSA) is 12.0 Å². The first-order chi connectivity index (χ1) is 8.74. The molecule has 0 spiro atoms. The van der Waals surface area contributed by atoms with Crippen molar-refractivity contribution in [1.29, 1.82) is 0 Å². The van der Waals surface area contributed by atoms with Gasteiger partial charge in [-0.05, 0) is 42.2 Å². The van der Waals surface area contributed by atoms with Gasteiger partial charge in [0.15, 0.2) is 0 Å². The summed E-state index contributed by atoms with van der Waals surface area (Å²) in [5.41, 5.74) is 1.98. The van der Waals surface area contributed by atoms with Crippen LogP contribution in [-0.4, -0.2) is 0 Å². The average Bonchev–Trinajstić information content (AvgIpc) is 2.94. The summed E-state index contributed by atoms with van der Waals surface area (Å²) in [6, 6.07) is 9.55. The van der Waals surface area contributed by atoms with Crippen molar-refractivity contribution in [2.45, 2.75) is 25.4 Å². The molecule has 1 N–H and O–H groups in total. The first-order valence-corrected chi connectivity index (χ1v) is 7.18. The van der Waals surface area contributed by atoms with Crippen molar-refractivity contribution >= 4 is 22.9 Å².